The first-order valence-corrected chi connectivity index (χ1v) is 10.4. The molecule has 148 valence electrons. The van der Waals surface area contributed by atoms with Crippen LogP contribution in [0, 0.1) is 0 Å². The number of para-hydroxylation sites is 1. The van der Waals surface area contributed by atoms with Crippen LogP contribution in [0.5, 0.6) is 11.6 Å². The number of aromatic nitrogens is 1. The lowest BCUT2D eigenvalue weighted by Gasteiger charge is -2.32. The largest absolute Gasteiger partial charge is 0.441 e. The van der Waals surface area contributed by atoms with Crippen molar-refractivity contribution in [3.05, 3.63) is 59.1 Å². The van der Waals surface area contributed by atoms with Gasteiger partial charge < -0.3 is 19.1 Å². The monoisotopic (exact) mass is 397 g/mol. The van der Waals surface area contributed by atoms with Gasteiger partial charge in [-0.3, -0.25) is 0 Å². The molecule has 1 aromatic heterocycles. The Bertz CT molecular complexity index is 927. The van der Waals surface area contributed by atoms with Crippen molar-refractivity contribution < 1.29 is 4.74 Å². The Morgan fingerprint density at radius 1 is 0.929 bits per heavy atom. The van der Waals surface area contributed by atoms with Gasteiger partial charge in [0, 0.05) is 49.2 Å². The van der Waals surface area contributed by atoms with Gasteiger partial charge in [-0.05, 0) is 56.8 Å². The Labute approximate surface area is 172 Å². The van der Waals surface area contributed by atoms with Crippen LogP contribution in [0.1, 0.15) is 12.0 Å². The molecule has 1 aliphatic rings. The molecule has 0 atom stereocenters. The van der Waals surface area contributed by atoms with Crippen LogP contribution in [0.3, 0.4) is 0 Å². The van der Waals surface area contributed by atoms with Crippen molar-refractivity contribution in [2.75, 3.05) is 39.8 Å². The second kappa shape index (κ2) is 8.56. The van der Waals surface area contributed by atoms with Gasteiger partial charge in [0.05, 0.1) is 5.52 Å². The van der Waals surface area contributed by atoms with Crippen LogP contribution < -0.4 is 4.74 Å². The molecule has 4 rings (SSSR count). The smallest absolute Gasteiger partial charge is 0.204 e. The summed E-state index contributed by atoms with van der Waals surface area (Å²) in [4.78, 5) is 4.98. The zero-order valence-corrected chi connectivity index (χ0v) is 17.5. The molecular weight excluding hydrogens is 370 g/mol. The minimum Gasteiger partial charge on any atom is -0.441 e. The highest BCUT2D eigenvalue weighted by atomic mass is 35.5. The van der Waals surface area contributed by atoms with E-state index in [1.54, 1.807) is 0 Å². The zero-order chi connectivity index (χ0) is 19.5. The van der Waals surface area contributed by atoms with Crippen molar-refractivity contribution >= 4 is 22.5 Å². The third kappa shape index (κ3) is 4.19. The van der Waals surface area contributed by atoms with E-state index in [1.165, 1.54) is 42.6 Å². The van der Waals surface area contributed by atoms with Gasteiger partial charge >= 0.3 is 0 Å². The molecule has 3 aromatic rings. The predicted molar refractivity (Wildman–Crippen MR) is 117 cm³/mol. The summed E-state index contributed by atoms with van der Waals surface area (Å²) < 4.78 is 8.48. The summed E-state index contributed by atoms with van der Waals surface area (Å²) in [7, 11) is 4.28. The Kier molecular flexibility index (Phi) is 5.90. The molecular formula is C23H28ClN3O. The first-order chi connectivity index (χ1) is 13.6. The molecule has 0 N–H and O–H groups in total. The van der Waals surface area contributed by atoms with E-state index in [2.05, 4.69) is 52.7 Å². The number of aryl methyl sites for hydroxylation is 2. The number of piperazine rings is 1. The van der Waals surface area contributed by atoms with Crippen molar-refractivity contribution in [1.29, 1.82) is 0 Å². The average Bonchev–Trinajstić information content (AvgIpc) is 2.97. The highest BCUT2D eigenvalue weighted by molar-refractivity contribution is 6.30. The summed E-state index contributed by atoms with van der Waals surface area (Å²) in [5.74, 6) is 1.75. The number of benzene rings is 2. The number of fused-ring (bicyclic) bond motifs is 1. The van der Waals surface area contributed by atoms with Gasteiger partial charge in [-0.15, -0.1) is 0 Å². The standard InChI is InChI=1S/C23H28ClN3O/c1-25-14-16-27(17-15-25)13-5-7-21-20-6-3-4-8-22(20)26(2)23(21)28-19-11-9-18(24)10-12-19/h3-4,6,8-12H,5,7,13-17H2,1-2H3. The maximum absolute atomic E-state index is 6.32. The molecule has 0 aliphatic carbocycles. The number of rotatable bonds is 6. The van der Waals surface area contributed by atoms with Gasteiger partial charge in [-0.2, -0.15) is 0 Å². The average molecular weight is 398 g/mol. The Morgan fingerprint density at radius 2 is 1.64 bits per heavy atom. The van der Waals surface area contributed by atoms with Crippen LogP contribution >= 0.6 is 11.6 Å². The minimum absolute atomic E-state index is 0.719. The molecule has 0 bridgehead atoms. The van der Waals surface area contributed by atoms with Crippen LogP contribution in [0.25, 0.3) is 10.9 Å². The molecule has 28 heavy (non-hydrogen) atoms. The number of likely N-dealkylation sites (N-methyl/N-ethyl adjacent to an activating group) is 1. The second-order valence-electron chi connectivity index (χ2n) is 7.66. The number of halogens is 1. The molecule has 2 aromatic carbocycles. The summed E-state index contributed by atoms with van der Waals surface area (Å²) in [6, 6.07) is 16.1. The van der Waals surface area contributed by atoms with E-state index < -0.39 is 0 Å². The van der Waals surface area contributed by atoms with Crippen molar-refractivity contribution in [1.82, 2.24) is 14.4 Å². The summed E-state index contributed by atoms with van der Waals surface area (Å²) >= 11 is 6.02. The van der Waals surface area contributed by atoms with E-state index in [0.717, 1.165) is 36.0 Å². The van der Waals surface area contributed by atoms with Gasteiger partial charge in [0.15, 0.2) is 0 Å². The zero-order valence-electron chi connectivity index (χ0n) is 16.7. The summed E-state index contributed by atoms with van der Waals surface area (Å²) in [6.45, 7) is 5.80. The molecule has 0 radical (unpaired) electrons. The van der Waals surface area contributed by atoms with Crippen LogP contribution in [-0.4, -0.2) is 54.1 Å². The molecule has 0 unspecified atom stereocenters. The van der Waals surface area contributed by atoms with E-state index in [9.17, 15) is 0 Å². The van der Waals surface area contributed by atoms with Gasteiger partial charge in [0.25, 0.3) is 0 Å². The molecule has 2 heterocycles. The van der Waals surface area contributed by atoms with Gasteiger partial charge in [0.2, 0.25) is 5.88 Å². The van der Waals surface area contributed by atoms with Crippen molar-refractivity contribution in [3.8, 4) is 11.6 Å². The van der Waals surface area contributed by atoms with E-state index in [0.29, 0.717) is 0 Å². The molecule has 1 aliphatic heterocycles. The number of hydrogen-bond donors (Lipinski definition) is 0. The van der Waals surface area contributed by atoms with E-state index in [1.807, 2.05) is 24.3 Å². The van der Waals surface area contributed by atoms with Crippen LogP contribution in [0.2, 0.25) is 5.02 Å². The highest BCUT2D eigenvalue weighted by Crippen LogP contribution is 2.35. The second-order valence-corrected chi connectivity index (χ2v) is 8.10. The van der Waals surface area contributed by atoms with E-state index >= 15 is 0 Å². The fourth-order valence-electron chi connectivity index (χ4n) is 3.99. The molecule has 0 spiro atoms. The predicted octanol–water partition coefficient (Wildman–Crippen LogP) is 4.80. The van der Waals surface area contributed by atoms with Crippen LogP contribution in [0.4, 0.5) is 0 Å². The Morgan fingerprint density at radius 3 is 2.39 bits per heavy atom. The van der Waals surface area contributed by atoms with Crippen molar-refractivity contribution in [3.63, 3.8) is 0 Å². The molecule has 5 heteroatoms. The fourth-order valence-corrected chi connectivity index (χ4v) is 4.11. The van der Waals surface area contributed by atoms with Gasteiger partial charge in [-0.1, -0.05) is 29.8 Å². The van der Waals surface area contributed by atoms with Crippen LogP contribution in [0.15, 0.2) is 48.5 Å². The third-order valence-electron chi connectivity index (χ3n) is 5.68. The number of ether oxygens (including phenoxy) is 1. The maximum atomic E-state index is 6.32. The van der Waals surface area contributed by atoms with E-state index in [-0.39, 0.29) is 0 Å². The molecule has 0 amide bonds. The lowest BCUT2D eigenvalue weighted by molar-refractivity contribution is 0.153. The lowest BCUT2D eigenvalue weighted by atomic mass is 10.1. The fraction of sp³-hybridized carbons (Fsp3) is 0.391. The Hall–Kier alpha value is -2.01. The van der Waals surface area contributed by atoms with E-state index in [4.69, 9.17) is 16.3 Å². The molecule has 1 fully saturated rings. The summed E-state index contributed by atoms with van der Waals surface area (Å²) in [6.07, 6.45) is 2.14. The molecule has 4 nitrogen and oxygen atoms in total. The highest BCUT2D eigenvalue weighted by Gasteiger charge is 2.18. The molecule has 0 saturated carbocycles. The number of hydrogen-bond acceptors (Lipinski definition) is 3. The SMILES string of the molecule is CN1CCN(CCCc2c(Oc3ccc(Cl)cc3)n(C)c3ccccc23)CC1. The quantitative estimate of drug-likeness (QED) is 0.595. The van der Waals surface area contributed by atoms with Gasteiger partial charge in [0.1, 0.15) is 5.75 Å². The van der Waals surface area contributed by atoms with Crippen molar-refractivity contribution in [2.45, 2.75) is 12.8 Å². The van der Waals surface area contributed by atoms with Crippen molar-refractivity contribution in [2.24, 2.45) is 7.05 Å². The summed E-state index contributed by atoms with van der Waals surface area (Å²) in [5, 5.41) is 2.00. The molecule has 1 saturated heterocycles. The lowest BCUT2D eigenvalue weighted by Crippen LogP contribution is -2.44. The maximum Gasteiger partial charge on any atom is 0.204 e. The third-order valence-corrected chi connectivity index (χ3v) is 5.93. The van der Waals surface area contributed by atoms with Crippen LogP contribution in [-0.2, 0) is 13.5 Å². The minimum atomic E-state index is 0.719. The normalized spacial score (nSPS) is 16.0. The number of nitrogens with zero attached hydrogens (tertiary/aromatic N) is 3. The topological polar surface area (TPSA) is 20.6 Å². The first kappa shape index (κ1) is 19.3. The first-order valence-electron chi connectivity index (χ1n) is 10.0. The Balaban J connectivity index is 1.54. The summed E-state index contributed by atoms with van der Waals surface area (Å²) in [5.41, 5.74) is 2.50. The van der Waals surface area contributed by atoms with Gasteiger partial charge in [-0.25, -0.2) is 0 Å².